The third kappa shape index (κ3) is 3.07. The van der Waals surface area contributed by atoms with Crippen molar-refractivity contribution in [3.05, 3.63) is 82.5 Å². The third-order valence-electron chi connectivity index (χ3n) is 3.69. The Morgan fingerprint density at radius 2 is 1.79 bits per heavy atom. The average Bonchev–Trinajstić information content (AvgIpc) is 3.15. The summed E-state index contributed by atoms with van der Waals surface area (Å²) in [6.45, 7) is 2.07. The molecule has 24 heavy (non-hydrogen) atoms. The summed E-state index contributed by atoms with van der Waals surface area (Å²) in [4.78, 5) is 15.2. The first-order valence-electron chi connectivity index (χ1n) is 7.57. The van der Waals surface area contributed by atoms with Crippen molar-refractivity contribution in [2.45, 2.75) is 21.8 Å². The fraction of sp³-hybridized carbons (Fsp3) is 0.0500. The lowest BCUT2D eigenvalue weighted by Gasteiger charge is -1.98. The van der Waals surface area contributed by atoms with Crippen LogP contribution in [0.5, 0.6) is 0 Å². The summed E-state index contributed by atoms with van der Waals surface area (Å²) in [6, 6.07) is 19.8. The second kappa shape index (κ2) is 6.38. The number of allylic oxidation sites excluding steroid dienone is 1. The van der Waals surface area contributed by atoms with E-state index in [0.717, 1.165) is 20.4 Å². The third-order valence-corrected chi connectivity index (χ3v) is 5.72. The summed E-state index contributed by atoms with van der Waals surface area (Å²) >= 11 is 3.07. The summed E-state index contributed by atoms with van der Waals surface area (Å²) < 4.78 is 5.85. The van der Waals surface area contributed by atoms with E-state index in [4.69, 9.17) is 4.42 Å². The van der Waals surface area contributed by atoms with Crippen molar-refractivity contribution in [1.29, 1.82) is 0 Å². The van der Waals surface area contributed by atoms with Crippen LogP contribution in [0.15, 0.2) is 84.9 Å². The molecule has 0 fully saturated rings. The zero-order valence-corrected chi connectivity index (χ0v) is 14.6. The average molecular weight is 350 g/mol. The lowest BCUT2D eigenvalue weighted by Crippen LogP contribution is -1.93. The van der Waals surface area contributed by atoms with Gasteiger partial charge in [0.05, 0.1) is 4.91 Å². The molecule has 2 heterocycles. The highest BCUT2D eigenvalue weighted by Crippen LogP contribution is 2.41. The molecule has 0 N–H and O–H groups in total. The molecule has 4 heteroatoms. The SMILES string of the molecule is Cc1ccc(Sc2ccc(/C=C3/Sc4ccccc4C3=O)o2)cc1. The Morgan fingerprint density at radius 1 is 1.00 bits per heavy atom. The Kier molecular flexibility index (Phi) is 4.08. The van der Waals surface area contributed by atoms with Crippen LogP contribution < -0.4 is 0 Å². The predicted molar refractivity (Wildman–Crippen MR) is 98.6 cm³/mol. The van der Waals surface area contributed by atoms with Crippen molar-refractivity contribution in [3.63, 3.8) is 0 Å². The molecule has 1 aromatic heterocycles. The number of carbonyl (C=O) groups is 1. The highest BCUT2D eigenvalue weighted by molar-refractivity contribution is 8.04. The van der Waals surface area contributed by atoms with Gasteiger partial charge >= 0.3 is 0 Å². The molecule has 1 aliphatic rings. The first kappa shape index (κ1) is 15.4. The number of rotatable bonds is 3. The largest absolute Gasteiger partial charge is 0.450 e. The van der Waals surface area contributed by atoms with Crippen LogP contribution >= 0.6 is 23.5 Å². The second-order valence-corrected chi connectivity index (χ2v) is 7.67. The van der Waals surface area contributed by atoms with E-state index < -0.39 is 0 Å². The number of fused-ring (bicyclic) bond motifs is 1. The Balaban J connectivity index is 1.54. The molecular formula is C20H14O2S2. The van der Waals surface area contributed by atoms with Crippen LogP contribution in [0.25, 0.3) is 6.08 Å². The van der Waals surface area contributed by atoms with Crippen molar-refractivity contribution in [1.82, 2.24) is 0 Å². The molecule has 4 rings (SSSR count). The van der Waals surface area contributed by atoms with E-state index in [2.05, 4.69) is 31.2 Å². The maximum atomic E-state index is 12.4. The highest BCUT2D eigenvalue weighted by atomic mass is 32.2. The number of benzene rings is 2. The second-order valence-electron chi connectivity index (χ2n) is 5.51. The van der Waals surface area contributed by atoms with Gasteiger partial charge in [0.25, 0.3) is 0 Å². The molecule has 0 bridgehead atoms. The molecule has 3 aromatic rings. The van der Waals surface area contributed by atoms with E-state index in [9.17, 15) is 4.79 Å². The zero-order valence-electron chi connectivity index (χ0n) is 13.0. The van der Waals surface area contributed by atoms with Gasteiger partial charge in [-0.1, -0.05) is 53.4 Å². The molecule has 0 saturated heterocycles. The molecule has 0 spiro atoms. The van der Waals surface area contributed by atoms with E-state index >= 15 is 0 Å². The molecule has 0 unspecified atom stereocenters. The fourth-order valence-electron chi connectivity index (χ4n) is 2.45. The normalized spacial score (nSPS) is 15.0. The number of Topliss-reactive ketones (excluding diaryl/α,β-unsaturated/α-hetero) is 1. The van der Waals surface area contributed by atoms with Crippen LogP contribution in [0.1, 0.15) is 21.7 Å². The van der Waals surface area contributed by atoms with E-state index in [-0.39, 0.29) is 5.78 Å². The smallest absolute Gasteiger partial charge is 0.200 e. The van der Waals surface area contributed by atoms with Crippen LogP contribution in [-0.4, -0.2) is 5.78 Å². The Bertz CT molecular complexity index is 936. The molecule has 0 atom stereocenters. The lowest BCUT2D eigenvalue weighted by atomic mass is 10.1. The van der Waals surface area contributed by atoms with Crippen molar-refractivity contribution in [3.8, 4) is 0 Å². The number of aryl methyl sites for hydroxylation is 1. The maximum Gasteiger partial charge on any atom is 0.200 e. The summed E-state index contributed by atoms with van der Waals surface area (Å²) in [6.07, 6.45) is 1.83. The molecule has 0 aliphatic carbocycles. The van der Waals surface area contributed by atoms with Crippen molar-refractivity contribution >= 4 is 35.4 Å². The number of thioether (sulfide) groups is 1. The van der Waals surface area contributed by atoms with Crippen molar-refractivity contribution < 1.29 is 9.21 Å². The molecule has 2 nitrogen and oxygen atoms in total. The number of furan rings is 1. The first-order chi connectivity index (χ1) is 11.7. The molecule has 0 saturated carbocycles. The van der Waals surface area contributed by atoms with E-state index in [1.54, 1.807) is 11.8 Å². The summed E-state index contributed by atoms with van der Waals surface area (Å²) in [7, 11) is 0. The topological polar surface area (TPSA) is 30.2 Å². The van der Waals surface area contributed by atoms with E-state index in [1.807, 2.05) is 42.5 Å². The van der Waals surface area contributed by atoms with Crippen molar-refractivity contribution in [2.24, 2.45) is 0 Å². The Hall–Kier alpha value is -2.17. The quantitative estimate of drug-likeness (QED) is 0.536. The highest BCUT2D eigenvalue weighted by Gasteiger charge is 2.25. The van der Waals surface area contributed by atoms with Gasteiger partial charge in [0.1, 0.15) is 5.76 Å². The predicted octanol–water partition coefficient (Wildman–Crippen LogP) is 6.07. The molecular weight excluding hydrogens is 336 g/mol. The lowest BCUT2D eigenvalue weighted by molar-refractivity contribution is 0.104. The van der Waals surface area contributed by atoms with Gasteiger partial charge < -0.3 is 4.42 Å². The van der Waals surface area contributed by atoms with Crippen molar-refractivity contribution in [2.75, 3.05) is 0 Å². The number of hydrogen-bond donors (Lipinski definition) is 0. The monoisotopic (exact) mass is 350 g/mol. The van der Waals surface area contributed by atoms with Gasteiger partial charge in [-0.25, -0.2) is 0 Å². The fourth-order valence-corrected chi connectivity index (χ4v) is 4.26. The van der Waals surface area contributed by atoms with Crippen LogP contribution in [0.3, 0.4) is 0 Å². The molecule has 118 valence electrons. The summed E-state index contributed by atoms with van der Waals surface area (Å²) in [5, 5.41) is 0.818. The molecule has 0 radical (unpaired) electrons. The standard InChI is InChI=1S/C20H14O2S2/c1-13-6-9-15(10-7-13)23-19-11-8-14(22-19)12-18-20(21)16-4-2-3-5-17(16)24-18/h2-12H,1H3/b18-12+. The zero-order chi connectivity index (χ0) is 16.5. The number of hydrogen-bond acceptors (Lipinski definition) is 4. The minimum atomic E-state index is 0.0692. The summed E-state index contributed by atoms with van der Waals surface area (Å²) in [5.41, 5.74) is 2.01. The van der Waals surface area contributed by atoms with Crippen LogP contribution in [-0.2, 0) is 0 Å². The van der Waals surface area contributed by atoms with Gasteiger partial charge in [0.15, 0.2) is 5.09 Å². The van der Waals surface area contributed by atoms with Crippen LogP contribution in [0.2, 0.25) is 0 Å². The van der Waals surface area contributed by atoms with E-state index in [1.165, 1.54) is 17.3 Å². The van der Waals surface area contributed by atoms with Gasteiger partial charge in [-0.15, -0.1) is 0 Å². The van der Waals surface area contributed by atoms with Gasteiger partial charge in [-0.05, 0) is 49.4 Å². The first-order valence-corrected chi connectivity index (χ1v) is 9.20. The van der Waals surface area contributed by atoms with Gasteiger partial charge in [-0.2, -0.15) is 0 Å². The molecule has 2 aromatic carbocycles. The van der Waals surface area contributed by atoms with Gasteiger partial charge in [0, 0.05) is 15.4 Å². The number of ketones is 1. The minimum absolute atomic E-state index is 0.0692. The van der Waals surface area contributed by atoms with Crippen LogP contribution in [0.4, 0.5) is 0 Å². The Labute approximate surface area is 149 Å². The molecule has 1 aliphatic heterocycles. The minimum Gasteiger partial charge on any atom is -0.450 e. The van der Waals surface area contributed by atoms with Gasteiger partial charge in [-0.3, -0.25) is 4.79 Å². The van der Waals surface area contributed by atoms with Gasteiger partial charge in [0.2, 0.25) is 5.78 Å². The van der Waals surface area contributed by atoms with Crippen LogP contribution in [0, 0.1) is 6.92 Å². The summed E-state index contributed by atoms with van der Waals surface area (Å²) in [5.74, 6) is 0.771. The molecule has 0 amide bonds. The maximum absolute atomic E-state index is 12.4. The van der Waals surface area contributed by atoms with E-state index in [0.29, 0.717) is 10.7 Å². The number of carbonyl (C=O) groups excluding carboxylic acids is 1. The Morgan fingerprint density at radius 3 is 2.58 bits per heavy atom.